The van der Waals surface area contributed by atoms with Gasteiger partial charge in [0.15, 0.2) is 6.10 Å². The highest BCUT2D eigenvalue weighted by Gasteiger charge is 2.30. The average molecular weight is 412 g/mol. The number of alkyl halides is 3. The monoisotopic (exact) mass is 412 g/mol. The first-order valence-corrected chi connectivity index (χ1v) is 9.32. The highest BCUT2D eigenvalue weighted by molar-refractivity contribution is 5.98. The van der Waals surface area contributed by atoms with Crippen molar-refractivity contribution in [3.63, 3.8) is 0 Å². The molecule has 0 spiro atoms. The molecule has 0 aliphatic heterocycles. The standard InChI is InChI=1S/C20H23F3N2O4/c1-13(18(27)25-19(28)24-16-8-3-2-4-9-16)29-17(26)11-10-14-6-5-7-15(12-14)20(21,22)23/h5-7,10-13,16H,2-4,8-9H2,1H3,(H2,24,25,27,28)/b11-10+/t13-/m0/s1. The Labute approximate surface area is 166 Å². The molecule has 2 rings (SSSR count). The largest absolute Gasteiger partial charge is 0.449 e. The molecule has 1 aromatic rings. The molecule has 3 amide bonds. The molecule has 0 heterocycles. The zero-order chi connectivity index (χ0) is 21.4. The summed E-state index contributed by atoms with van der Waals surface area (Å²) in [5.74, 6) is -1.71. The van der Waals surface area contributed by atoms with Crippen LogP contribution in [-0.4, -0.2) is 30.1 Å². The van der Waals surface area contributed by atoms with E-state index in [1.807, 2.05) is 0 Å². The van der Waals surface area contributed by atoms with Gasteiger partial charge in [-0.25, -0.2) is 9.59 Å². The van der Waals surface area contributed by atoms with E-state index in [9.17, 15) is 27.6 Å². The van der Waals surface area contributed by atoms with Crippen LogP contribution in [0.3, 0.4) is 0 Å². The smallest absolute Gasteiger partial charge is 0.416 e. The van der Waals surface area contributed by atoms with Gasteiger partial charge in [-0.3, -0.25) is 10.1 Å². The Bertz CT molecular complexity index is 771. The minimum Gasteiger partial charge on any atom is -0.449 e. The van der Waals surface area contributed by atoms with E-state index < -0.39 is 35.8 Å². The van der Waals surface area contributed by atoms with Crippen LogP contribution in [0.2, 0.25) is 0 Å². The lowest BCUT2D eigenvalue weighted by atomic mass is 9.96. The first-order chi connectivity index (χ1) is 13.6. The maximum Gasteiger partial charge on any atom is 0.416 e. The predicted molar refractivity (Wildman–Crippen MR) is 99.6 cm³/mol. The Morgan fingerprint density at radius 3 is 2.52 bits per heavy atom. The number of carbonyl (C=O) groups is 3. The van der Waals surface area contributed by atoms with Crippen molar-refractivity contribution in [2.75, 3.05) is 0 Å². The Morgan fingerprint density at radius 2 is 1.86 bits per heavy atom. The fourth-order valence-corrected chi connectivity index (χ4v) is 2.93. The fourth-order valence-electron chi connectivity index (χ4n) is 2.93. The molecule has 0 unspecified atom stereocenters. The molecule has 6 nitrogen and oxygen atoms in total. The molecule has 0 saturated heterocycles. The van der Waals surface area contributed by atoms with Crippen LogP contribution in [0.5, 0.6) is 0 Å². The number of imide groups is 1. The van der Waals surface area contributed by atoms with Gasteiger partial charge in [0.2, 0.25) is 0 Å². The summed E-state index contributed by atoms with van der Waals surface area (Å²) >= 11 is 0. The van der Waals surface area contributed by atoms with Crippen molar-refractivity contribution in [1.29, 1.82) is 0 Å². The maximum absolute atomic E-state index is 12.7. The number of urea groups is 1. The number of carbonyl (C=O) groups excluding carboxylic acids is 3. The summed E-state index contributed by atoms with van der Waals surface area (Å²) in [4.78, 5) is 35.6. The third-order valence-corrected chi connectivity index (χ3v) is 4.47. The first kappa shape index (κ1) is 22.4. The molecule has 0 aromatic heterocycles. The van der Waals surface area contributed by atoms with Gasteiger partial charge < -0.3 is 10.1 Å². The lowest BCUT2D eigenvalue weighted by molar-refractivity contribution is -0.149. The molecule has 9 heteroatoms. The van der Waals surface area contributed by atoms with Gasteiger partial charge >= 0.3 is 18.2 Å². The van der Waals surface area contributed by atoms with Crippen LogP contribution in [0.15, 0.2) is 30.3 Å². The van der Waals surface area contributed by atoms with Gasteiger partial charge in [0.25, 0.3) is 5.91 Å². The number of esters is 1. The van der Waals surface area contributed by atoms with E-state index in [1.54, 1.807) is 0 Å². The summed E-state index contributed by atoms with van der Waals surface area (Å²) in [6, 6.07) is 3.78. The Kier molecular flexibility index (Phi) is 7.81. The average Bonchev–Trinajstić information content (AvgIpc) is 2.66. The number of rotatable bonds is 5. The topological polar surface area (TPSA) is 84.5 Å². The summed E-state index contributed by atoms with van der Waals surface area (Å²) in [6.45, 7) is 1.29. The Hall–Kier alpha value is -2.84. The van der Waals surface area contributed by atoms with E-state index in [-0.39, 0.29) is 11.6 Å². The van der Waals surface area contributed by atoms with E-state index in [0.717, 1.165) is 56.4 Å². The number of benzene rings is 1. The molecule has 0 bridgehead atoms. The van der Waals surface area contributed by atoms with Gasteiger partial charge in [-0.1, -0.05) is 31.4 Å². The number of nitrogens with one attached hydrogen (secondary N) is 2. The van der Waals surface area contributed by atoms with Gasteiger partial charge in [0, 0.05) is 12.1 Å². The molecule has 158 valence electrons. The van der Waals surface area contributed by atoms with Crippen LogP contribution in [0.1, 0.15) is 50.2 Å². The molecule has 1 aliphatic carbocycles. The van der Waals surface area contributed by atoms with E-state index in [4.69, 9.17) is 4.74 Å². The maximum atomic E-state index is 12.7. The molecule has 1 aromatic carbocycles. The minimum atomic E-state index is -4.49. The second-order valence-corrected chi connectivity index (χ2v) is 6.83. The van der Waals surface area contributed by atoms with Gasteiger partial charge in [0.05, 0.1) is 5.56 Å². The fraction of sp³-hybridized carbons (Fsp3) is 0.450. The zero-order valence-electron chi connectivity index (χ0n) is 15.9. The van der Waals surface area contributed by atoms with Gasteiger partial charge in [-0.15, -0.1) is 0 Å². The summed E-state index contributed by atoms with van der Waals surface area (Å²) in [5, 5.41) is 4.82. The molecule has 1 aliphatic rings. The summed E-state index contributed by atoms with van der Waals surface area (Å²) in [6.07, 6.45) is 1.20. The van der Waals surface area contributed by atoms with Crippen LogP contribution in [0.25, 0.3) is 6.08 Å². The van der Waals surface area contributed by atoms with Crippen LogP contribution in [-0.2, 0) is 20.5 Å². The second kappa shape index (κ2) is 10.1. The van der Waals surface area contributed by atoms with Crippen molar-refractivity contribution in [3.05, 3.63) is 41.5 Å². The van der Waals surface area contributed by atoms with E-state index in [2.05, 4.69) is 10.6 Å². The number of halogens is 3. The summed E-state index contributed by atoms with van der Waals surface area (Å²) in [5.41, 5.74) is -0.689. The molecule has 1 atom stereocenters. The van der Waals surface area contributed by atoms with Crippen molar-refractivity contribution in [2.45, 2.75) is 57.3 Å². The highest BCUT2D eigenvalue weighted by atomic mass is 19.4. The minimum absolute atomic E-state index is 0.0183. The van der Waals surface area contributed by atoms with Crippen LogP contribution in [0.4, 0.5) is 18.0 Å². The molecule has 1 saturated carbocycles. The van der Waals surface area contributed by atoms with Crippen LogP contribution < -0.4 is 10.6 Å². The van der Waals surface area contributed by atoms with E-state index in [0.29, 0.717) is 0 Å². The van der Waals surface area contributed by atoms with Crippen molar-refractivity contribution in [1.82, 2.24) is 10.6 Å². The molecular formula is C20H23F3N2O4. The van der Waals surface area contributed by atoms with Gasteiger partial charge in [0.1, 0.15) is 0 Å². The SMILES string of the molecule is C[C@H](OC(=O)/C=C/c1cccc(C(F)(F)F)c1)C(=O)NC(=O)NC1CCCCC1. The zero-order valence-corrected chi connectivity index (χ0v) is 15.9. The lowest BCUT2D eigenvalue weighted by Crippen LogP contribution is -2.48. The van der Waals surface area contributed by atoms with Crippen LogP contribution in [0, 0.1) is 0 Å². The van der Waals surface area contributed by atoms with Crippen LogP contribution >= 0.6 is 0 Å². The molecule has 0 radical (unpaired) electrons. The van der Waals surface area contributed by atoms with Crippen molar-refractivity contribution >= 4 is 24.0 Å². The number of hydrogen-bond acceptors (Lipinski definition) is 4. The number of hydrogen-bond donors (Lipinski definition) is 2. The van der Waals surface area contributed by atoms with Gasteiger partial charge in [-0.05, 0) is 43.5 Å². The predicted octanol–water partition coefficient (Wildman–Crippen LogP) is 3.81. The Balaban J connectivity index is 1.82. The quantitative estimate of drug-likeness (QED) is 0.569. The number of amides is 3. The molecular weight excluding hydrogens is 389 g/mol. The first-order valence-electron chi connectivity index (χ1n) is 9.32. The summed E-state index contributed by atoms with van der Waals surface area (Å²) in [7, 11) is 0. The normalized spacial score (nSPS) is 16.3. The third kappa shape index (κ3) is 7.59. The van der Waals surface area contributed by atoms with Gasteiger partial charge in [-0.2, -0.15) is 13.2 Å². The Morgan fingerprint density at radius 1 is 1.17 bits per heavy atom. The van der Waals surface area contributed by atoms with Crippen molar-refractivity contribution < 1.29 is 32.3 Å². The van der Waals surface area contributed by atoms with Crippen molar-refractivity contribution in [2.24, 2.45) is 0 Å². The molecule has 2 N–H and O–H groups in total. The van der Waals surface area contributed by atoms with Crippen molar-refractivity contribution in [3.8, 4) is 0 Å². The lowest BCUT2D eigenvalue weighted by Gasteiger charge is -2.23. The number of ether oxygens (including phenoxy) is 1. The molecule has 1 fully saturated rings. The summed E-state index contributed by atoms with van der Waals surface area (Å²) < 4.78 is 42.9. The van der Waals surface area contributed by atoms with E-state index in [1.165, 1.54) is 19.1 Å². The van der Waals surface area contributed by atoms with E-state index >= 15 is 0 Å². The highest BCUT2D eigenvalue weighted by Crippen LogP contribution is 2.29. The molecule has 29 heavy (non-hydrogen) atoms. The third-order valence-electron chi connectivity index (χ3n) is 4.47. The second-order valence-electron chi connectivity index (χ2n) is 6.83.